The van der Waals surface area contributed by atoms with E-state index in [1.165, 1.54) is 0 Å². The third-order valence-corrected chi connectivity index (χ3v) is 2.14. The fourth-order valence-corrected chi connectivity index (χ4v) is 1.31. The van der Waals surface area contributed by atoms with Gasteiger partial charge in [0.25, 0.3) is 0 Å². The molecule has 0 radical (unpaired) electrons. The van der Waals surface area contributed by atoms with E-state index >= 15 is 0 Å². The number of carbonyl (C=O) groups is 2. The molecule has 0 amide bonds. The summed E-state index contributed by atoms with van der Waals surface area (Å²) in [5.41, 5.74) is -0.308. The lowest BCUT2D eigenvalue weighted by atomic mass is 10.1. The van der Waals surface area contributed by atoms with E-state index in [0.717, 1.165) is 0 Å². The average molecular weight is 288 g/mol. The molecular weight excluding hydrogens is 264 g/mol. The summed E-state index contributed by atoms with van der Waals surface area (Å²) in [6, 6.07) is 0. The minimum atomic E-state index is -0.650. The lowest BCUT2D eigenvalue weighted by Gasteiger charge is -2.24. The maximum Gasteiger partial charge on any atom is 0.333 e. The summed E-state index contributed by atoms with van der Waals surface area (Å²) < 4.78 is 20.2. The molecule has 0 unspecified atom stereocenters. The van der Waals surface area contributed by atoms with Gasteiger partial charge in [0.05, 0.1) is 26.2 Å². The van der Waals surface area contributed by atoms with Gasteiger partial charge in [-0.2, -0.15) is 0 Å². The van der Waals surface area contributed by atoms with Crippen molar-refractivity contribution in [2.45, 2.75) is 32.8 Å². The Morgan fingerprint density at radius 1 is 1.15 bits per heavy atom. The first kappa shape index (κ1) is 18.6. The normalized spacial score (nSPS) is 11.0. The molecule has 0 aliphatic carbocycles. The number of hydrogen-bond donors (Lipinski definition) is 0. The summed E-state index contributed by atoms with van der Waals surface area (Å²) in [6.07, 6.45) is 0.140. The highest BCUT2D eigenvalue weighted by Crippen LogP contribution is 2.10. The van der Waals surface area contributed by atoms with Crippen LogP contribution in [0, 0.1) is 0 Å². The van der Waals surface area contributed by atoms with Gasteiger partial charge in [0.1, 0.15) is 12.2 Å². The van der Waals surface area contributed by atoms with E-state index in [9.17, 15) is 9.59 Å². The van der Waals surface area contributed by atoms with Crippen molar-refractivity contribution in [3.8, 4) is 0 Å². The highest BCUT2D eigenvalue weighted by Gasteiger charge is 2.22. The third-order valence-electron chi connectivity index (χ3n) is 2.14. The van der Waals surface area contributed by atoms with Gasteiger partial charge in [-0.3, -0.25) is 4.79 Å². The third kappa shape index (κ3) is 9.52. The van der Waals surface area contributed by atoms with E-state index in [2.05, 4.69) is 6.58 Å². The van der Waals surface area contributed by atoms with Crippen molar-refractivity contribution in [2.75, 3.05) is 33.5 Å². The lowest BCUT2D eigenvalue weighted by Crippen LogP contribution is -2.33. The van der Waals surface area contributed by atoms with Crippen LogP contribution in [0.3, 0.4) is 0 Å². The Morgan fingerprint density at radius 3 is 2.35 bits per heavy atom. The van der Waals surface area contributed by atoms with Gasteiger partial charge >= 0.3 is 11.9 Å². The van der Waals surface area contributed by atoms with Gasteiger partial charge in [0.15, 0.2) is 0 Å². The van der Waals surface area contributed by atoms with Gasteiger partial charge in [-0.25, -0.2) is 4.79 Å². The highest BCUT2D eigenvalue weighted by molar-refractivity contribution is 5.86. The minimum Gasteiger partial charge on any atom is -0.460 e. The van der Waals surface area contributed by atoms with Crippen molar-refractivity contribution < 1.29 is 28.5 Å². The van der Waals surface area contributed by atoms with E-state index in [-0.39, 0.29) is 32.2 Å². The molecule has 0 spiro atoms. The summed E-state index contributed by atoms with van der Waals surface area (Å²) in [5, 5.41) is 0. The van der Waals surface area contributed by atoms with E-state index in [0.29, 0.717) is 12.2 Å². The first-order chi connectivity index (χ1) is 9.28. The molecule has 0 rings (SSSR count). The minimum absolute atomic E-state index is 0.135. The molecule has 0 fully saturated rings. The summed E-state index contributed by atoms with van der Waals surface area (Å²) in [4.78, 5) is 22.5. The number of ether oxygens (including phenoxy) is 4. The number of esters is 2. The number of carbonyl (C=O) groups excluding carboxylic acids is 2. The quantitative estimate of drug-likeness (QED) is 0.344. The van der Waals surface area contributed by atoms with Crippen LogP contribution in [0.4, 0.5) is 0 Å². The molecule has 0 bridgehead atoms. The summed E-state index contributed by atoms with van der Waals surface area (Å²) in [6.45, 7) is 9.48. The largest absolute Gasteiger partial charge is 0.460 e. The fraction of sp³-hybridized carbons (Fsp3) is 0.714. The lowest BCUT2D eigenvalue weighted by molar-refractivity contribution is -0.162. The van der Waals surface area contributed by atoms with Crippen molar-refractivity contribution >= 4 is 11.9 Å². The zero-order chi connectivity index (χ0) is 15.6. The molecule has 0 saturated carbocycles. The Morgan fingerprint density at radius 2 is 1.80 bits per heavy atom. The second kappa shape index (κ2) is 9.50. The average Bonchev–Trinajstić information content (AvgIpc) is 2.32. The first-order valence-corrected chi connectivity index (χ1v) is 6.39. The molecule has 20 heavy (non-hydrogen) atoms. The van der Waals surface area contributed by atoms with Crippen molar-refractivity contribution in [1.29, 1.82) is 0 Å². The van der Waals surface area contributed by atoms with Crippen molar-refractivity contribution in [2.24, 2.45) is 0 Å². The fourth-order valence-electron chi connectivity index (χ4n) is 1.31. The molecule has 0 aromatic carbocycles. The van der Waals surface area contributed by atoms with Gasteiger partial charge in [-0.15, -0.1) is 0 Å². The molecule has 0 N–H and O–H groups in total. The molecular formula is C14H24O6. The Hall–Kier alpha value is -1.40. The molecule has 6 nitrogen and oxygen atoms in total. The predicted molar refractivity (Wildman–Crippen MR) is 73.3 cm³/mol. The Kier molecular flexibility index (Phi) is 8.83. The van der Waals surface area contributed by atoms with Gasteiger partial charge < -0.3 is 18.9 Å². The summed E-state index contributed by atoms with van der Waals surface area (Å²) >= 11 is 0. The monoisotopic (exact) mass is 288 g/mol. The Bertz CT molecular complexity index is 335. The van der Waals surface area contributed by atoms with Gasteiger partial charge in [-0.05, 0) is 20.8 Å². The van der Waals surface area contributed by atoms with Crippen LogP contribution < -0.4 is 0 Å². The van der Waals surface area contributed by atoms with Crippen LogP contribution in [-0.4, -0.2) is 51.1 Å². The zero-order valence-electron chi connectivity index (χ0n) is 12.7. The van der Waals surface area contributed by atoms with Crippen LogP contribution in [0.15, 0.2) is 12.2 Å². The molecule has 0 aromatic rings. The van der Waals surface area contributed by atoms with E-state index in [4.69, 9.17) is 18.9 Å². The van der Waals surface area contributed by atoms with Gasteiger partial charge in [-0.1, -0.05) is 6.58 Å². The van der Waals surface area contributed by atoms with Gasteiger partial charge in [0.2, 0.25) is 0 Å². The number of rotatable bonds is 10. The molecule has 0 saturated heterocycles. The number of hydrogen-bond acceptors (Lipinski definition) is 6. The van der Waals surface area contributed by atoms with Crippen molar-refractivity contribution in [3.05, 3.63) is 12.2 Å². The molecule has 116 valence electrons. The van der Waals surface area contributed by atoms with Crippen LogP contribution in [-0.2, 0) is 28.5 Å². The maximum atomic E-state index is 11.5. The van der Waals surface area contributed by atoms with Crippen molar-refractivity contribution in [1.82, 2.24) is 0 Å². The Labute approximate surface area is 120 Å². The van der Waals surface area contributed by atoms with E-state index in [1.54, 1.807) is 27.9 Å². The molecule has 0 atom stereocenters. The van der Waals surface area contributed by atoms with Crippen LogP contribution in [0.5, 0.6) is 0 Å². The van der Waals surface area contributed by atoms with E-state index in [1.807, 2.05) is 0 Å². The maximum absolute atomic E-state index is 11.5. The molecule has 0 aliphatic heterocycles. The van der Waals surface area contributed by atoms with Crippen LogP contribution in [0.2, 0.25) is 0 Å². The topological polar surface area (TPSA) is 71.1 Å². The smallest absolute Gasteiger partial charge is 0.333 e. The molecule has 6 heteroatoms. The standard InChI is InChI=1S/C14H24O6/c1-11(2)13(16)19-9-8-18-7-6-12(15)20-14(3,4)10-17-5/h1,6-10H2,2-5H3. The van der Waals surface area contributed by atoms with E-state index < -0.39 is 11.6 Å². The van der Waals surface area contributed by atoms with Crippen LogP contribution >= 0.6 is 0 Å². The Balaban J connectivity index is 3.63. The number of methoxy groups -OCH3 is 1. The SMILES string of the molecule is C=C(C)C(=O)OCCOCCC(=O)OC(C)(C)COC. The zero-order valence-corrected chi connectivity index (χ0v) is 12.7. The molecule has 0 heterocycles. The molecule has 0 aliphatic rings. The summed E-state index contributed by atoms with van der Waals surface area (Å²) in [5.74, 6) is -0.805. The molecule has 0 aromatic heterocycles. The summed E-state index contributed by atoms with van der Waals surface area (Å²) in [7, 11) is 1.55. The second-order valence-corrected chi connectivity index (χ2v) is 4.95. The van der Waals surface area contributed by atoms with Crippen LogP contribution in [0.25, 0.3) is 0 Å². The van der Waals surface area contributed by atoms with Crippen molar-refractivity contribution in [3.63, 3.8) is 0 Å². The van der Waals surface area contributed by atoms with Gasteiger partial charge in [0, 0.05) is 12.7 Å². The first-order valence-electron chi connectivity index (χ1n) is 6.39. The predicted octanol–water partition coefficient (Wildman–Crippen LogP) is 1.48. The second-order valence-electron chi connectivity index (χ2n) is 4.95. The highest BCUT2D eigenvalue weighted by atomic mass is 16.6. The van der Waals surface area contributed by atoms with Crippen LogP contribution in [0.1, 0.15) is 27.2 Å².